The summed E-state index contributed by atoms with van der Waals surface area (Å²) < 4.78 is 19.8. The second kappa shape index (κ2) is 7.00. The third-order valence-corrected chi connectivity index (χ3v) is 4.80. The number of nitrogens with one attached hydrogen (secondary N) is 1. The van der Waals surface area contributed by atoms with Crippen LogP contribution in [0.3, 0.4) is 0 Å². The number of aromatic nitrogens is 2. The van der Waals surface area contributed by atoms with E-state index in [4.69, 9.17) is 10.5 Å². The van der Waals surface area contributed by atoms with Gasteiger partial charge in [-0.25, -0.2) is 14.4 Å². The molecule has 1 aliphatic rings. The quantitative estimate of drug-likeness (QED) is 0.608. The highest BCUT2D eigenvalue weighted by Crippen LogP contribution is 2.34. The van der Waals surface area contributed by atoms with Gasteiger partial charge in [-0.3, -0.25) is 0 Å². The molecule has 1 fully saturated rings. The number of halogens is 1. The molecule has 140 valence electrons. The molecule has 7 heteroatoms. The summed E-state index contributed by atoms with van der Waals surface area (Å²) >= 11 is 0. The van der Waals surface area contributed by atoms with Gasteiger partial charge in [-0.1, -0.05) is 0 Å². The first kappa shape index (κ1) is 17.5. The van der Waals surface area contributed by atoms with Crippen molar-refractivity contribution in [2.45, 2.75) is 38.4 Å². The minimum Gasteiger partial charge on any atom is -0.488 e. The van der Waals surface area contributed by atoms with Crippen LogP contribution < -0.4 is 15.8 Å². The van der Waals surface area contributed by atoms with Gasteiger partial charge in [0.2, 0.25) is 0 Å². The van der Waals surface area contributed by atoms with E-state index in [0.29, 0.717) is 35.8 Å². The summed E-state index contributed by atoms with van der Waals surface area (Å²) in [5, 5.41) is 13.8. The molecule has 4 rings (SSSR count). The predicted octanol–water partition coefficient (Wildman–Crippen LogP) is 3.70. The fraction of sp³-hybridized carbons (Fsp3) is 0.300. The maximum absolute atomic E-state index is 13.8. The van der Waals surface area contributed by atoms with Gasteiger partial charge >= 0.3 is 0 Å². The minimum absolute atomic E-state index is 0.133. The van der Waals surface area contributed by atoms with Gasteiger partial charge in [0.05, 0.1) is 17.3 Å². The lowest BCUT2D eigenvalue weighted by Gasteiger charge is -2.18. The topological polar surface area (TPSA) is 93.3 Å². The highest BCUT2D eigenvalue weighted by molar-refractivity contribution is 5.95. The molecule has 0 saturated heterocycles. The Morgan fingerprint density at radius 2 is 2.07 bits per heavy atom. The first-order valence-corrected chi connectivity index (χ1v) is 8.92. The molecule has 6 nitrogen and oxygen atoms in total. The van der Waals surface area contributed by atoms with E-state index in [9.17, 15) is 9.50 Å². The van der Waals surface area contributed by atoms with Crippen molar-refractivity contribution in [1.29, 1.82) is 0 Å². The number of fused-ring (bicyclic) bond motifs is 1. The number of aryl methyl sites for hydroxylation is 1. The zero-order chi connectivity index (χ0) is 19.0. The Hall–Kier alpha value is -2.93. The van der Waals surface area contributed by atoms with Crippen LogP contribution in [0.4, 0.5) is 21.6 Å². The molecular weight excluding hydrogens is 347 g/mol. The molecule has 1 saturated carbocycles. The number of hydrogen-bond donors (Lipinski definition) is 3. The molecule has 2 atom stereocenters. The number of benzene rings is 2. The van der Waals surface area contributed by atoms with Gasteiger partial charge < -0.3 is 20.9 Å². The molecule has 3 aromatic rings. The molecular formula is C20H21FN4O2. The molecule has 2 unspecified atom stereocenters. The number of nitrogens with two attached hydrogens (primary N) is 1. The highest BCUT2D eigenvalue weighted by Gasteiger charge is 2.25. The largest absolute Gasteiger partial charge is 0.488 e. The number of anilines is 3. The zero-order valence-corrected chi connectivity index (χ0v) is 14.9. The number of nitrogen functional groups attached to an aromatic ring is 1. The molecule has 0 spiro atoms. The van der Waals surface area contributed by atoms with Gasteiger partial charge in [-0.15, -0.1) is 0 Å². The minimum atomic E-state index is -0.384. The van der Waals surface area contributed by atoms with Crippen molar-refractivity contribution < 1.29 is 14.2 Å². The molecule has 1 aliphatic carbocycles. The summed E-state index contributed by atoms with van der Waals surface area (Å²) in [4.78, 5) is 8.63. The molecule has 1 heterocycles. The van der Waals surface area contributed by atoms with Gasteiger partial charge in [0.1, 0.15) is 29.8 Å². The van der Waals surface area contributed by atoms with Crippen molar-refractivity contribution in [2.24, 2.45) is 0 Å². The van der Waals surface area contributed by atoms with Crippen molar-refractivity contribution in [3.63, 3.8) is 0 Å². The lowest BCUT2D eigenvalue weighted by atomic mass is 10.1. The molecule has 0 aliphatic heterocycles. The third kappa shape index (κ3) is 3.64. The normalized spacial score (nSPS) is 19.4. The van der Waals surface area contributed by atoms with E-state index >= 15 is 0 Å². The number of hydrogen-bond acceptors (Lipinski definition) is 6. The average molecular weight is 368 g/mol. The summed E-state index contributed by atoms with van der Waals surface area (Å²) in [6, 6.07) is 7.99. The number of ether oxygens (including phenoxy) is 1. The standard InChI is InChI=1S/C20H21FN4O2/c1-11-6-13(22)8-17-19(11)20(24-10-23-17)25-16-5-2-12(21)7-18(16)27-15-4-3-14(26)9-15/h2,5-8,10,14-15,26H,3-4,9,22H2,1H3,(H,23,24,25). The molecule has 0 amide bonds. The van der Waals surface area contributed by atoms with Crippen molar-refractivity contribution in [2.75, 3.05) is 11.1 Å². The second-order valence-corrected chi connectivity index (χ2v) is 6.93. The van der Waals surface area contributed by atoms with Crippen molar-refractivity contribution >= 4 is 28.1 Å². The fourth-order valence-corrected chi connectivity index (χ4v) is 3.54. The van der Waals surface area contributed by atoms with Gasteiger partial charge in [0.25, 0.3) is 0 Å². The van der Waals surface area contributed by atoms with E-state index in [1.807, 2.05) is 13.0 Å². The Kier molecular flexibility index (Phi) is 4.53. The Labute approximate surface area is 156 Å². The van der Waals surface area contributed by atoms with Crippen molar-refractivity contribution in [1.82, 2.24) is 9.97 Å². The van der Waals surface area contributed by atoms with Crippen molar-refractivity contribution in [3.05, 3.63) is 48.0 Å². The monoisotopic (exact) mass is 368 g/mol. The Morgan fingerprint density at radius 1 is 1.22 bits per heavy atom. The number of aliphatic hydroxyl groups excluding tert-OH is 1. The smallest absolute Gasteiger partial charge is 0.146 e. The fourth-order valence-electron chi connectivity index (χ4n) is 3.54. The van der Waals surface area contributed by atoms with Crippen LogP contribution in [-0.2, 0) is 0 Å². The van der Waals surface area contributed by atoms with Gasteiger partial charge in [-0.05, 0) is 49.6 Å². The van der Waals surface area contributed by atoms with Crippen LogP contribution in [0.15, 0.2) is 36.7 Å². The molecule has 0 radical (unpaired) electrons. The highest BCUT2D eigenvalue weighted by atomic mass is 19.1. The van der Waals surface area contributed by atoms with Crippen LogP contribution in [0.25, 0.3) is 10.9 Å². The van der Waals surface area contributed by atoms with Gasteiger partial charge in [-0.2, -0.15) is 0 Å². The predicted molar refractivity (Wildman–Crippen MR) is 103 cm³/mol. The van der Waals surface area contributed by atoms with Crippen LogP contribution in [0.5, 0.6) is 5.75 Å². The molecule has 0 bridgehead atoms. The van der Waals surface area contributed by atoms with E-state index in [1.54, 1.807) is 12.1 Å². The molecule has 2 aromatic carbocycles. The van der Waals surface area contributed by atoms with Crippen LogP contribution in [0.1, 0.15) is 24.8 Å². The van der Waals surface area contributed by atoms with Gasteiger partial charge in [0.15, 0.2) is 0 Å². The van der Waals surface area contributed by atoms with E-state index in [-0.39, 0.29) is 18.0 Å². The maximum atomic E-state index is 13.8. The van der Waals surface area contributed by atoms with Crippen LogP contribution >= 0.6 is 0 Å². The Balaban J connectivity index is 1.70. The first-order valence-electron chi connectivity index (χ1n) is 8.92. The number of rotatable bonds is 4. The van der Waals surface area contributed by atoms with E-state index in [2.05, 4.69) is 15.3 Å². The Bertz CT molecular complexity index is 995. The maximum Gasteiger partial charge on any atom is 0.146 e. The van der Waals surface area contributed by atoms with Crippen LogP contribution in [-0.4, -0.2) is 27.3 Å². The SMILES string of the molecule is Cc1cc(N)cc2ncnc(Nc3ccc(F)cc3OC3CCC(O)C3)c12. The number of aliphatic hydroxyl groups is 1. The van der Waals surface area contributed by atoms with E-state index in [0.717, 1.165) is 22.9 Å². The third-order valence-electron chi connectivity index (χ3n) is 4.80. The Morgan fingerprint density at radius 3 is 2.85 bits per heavy atom. The molecule has 4 N–H and O–H groups in total. The molecule has 27 heavy (non-hydrogen) atoms. The lowest BCUT2D eigenvalue weighted by molar-refractivity contribution is 0.150. The second-order valence-electron chi connectivity index (χ2n) is 6.93. The average Bonchev–Trinajstić information content (AvgIpc) is 3.02. The van der Waals surface area contributed by atoms with Crippen LogP contribution in [0, 0.1) is 12.7 Å². The lowest BCUT2D eigenvalue weighted by Crippen LogP contribution is -2.14. The van der Waals surface area contributed by atoms with E-state index < -0.39 is 0 Å². The summed E-state index contributed by atoms with van der Waals surface area (Å²) in [5.74, 6) is 0.611. The van der Waals surface area contributed by atoms with E-state index in [1.165, 1.54) is 18.5 Å². The zero-order valence-electron chi connectivity index (χ0n) is 14.9. The summed E-state index contributed by atoms with van der Waals surface area (Å²) in [5.41, 5.74) is 8.82. The van der Waals surface area contributed by atoms with Gasteiger partial charge in [0, 0.05) is 23.6 Å². The van der Waals surface area contributed by atoms with Crippen LogP contribution in [0.2, 0.25) is 0 Å². The first-order chi connectivity index (χ1) is 13.0. The number of nitrogens with zero attached hydrogens (tertiary/aromatic N) is 2. The molecule has 1 aromatic heterocycles. The summed E-state index contributed by atoms with van der Waals surface area (Å²) in [6.07, 6.45) is 2.95. The summed E-state index contributed by atoms with van der Waals surface area (Å²) in [6.45, 7) is 1.94. The van der Waals surface area contributed by atoms with Crippen molar-refractivity contribution in [3.8, 4) is 5.75 Å². The summed E-state index contributed by atoms with van der Waals surface area (Å²) in [7, 11) is 0.